The molecule has 0 saturated carbocycles. The van der Waals surface area contributed by atoms with Crippen LogP contribution >= 0.6 is 11.3 Å². The molecule has 3 aliphatic rings. The van der Waals surface area contributed by atoms with Gasteiger partial charge in [0, 0.05) is 50.7 Å². The molecule has 4 heterocycles. The van der Waals surface area contributed by atoms with Gasteiger partial charge in [-0.2, -0.15) is 0 Å². The minimum absolute atomic E-state index is 0.0109. The lowest BCUT2D eigenvalue weighted by molar-refractivity contribution is -0.156. The van der Waals surface area contributed by atoms with Crippen molar-refractivity contribution in [3.8, 4) is 0 Å². The van der Waals surface area contributed by atoms with Crippen LogP contribution in [0.4, 0.5) is 0 Å². The molecule has 1 atom stereocenters. The first-order chi connectivity index (χ1) is 15.0. The highest BCUT2D eigenvalue weighted by Crippen LogP contribution is 2.22. The van der Waals surface area contributed by atoms with Crippen molar-refractivity contribution in [3.63, 3.8) is 0 Å². The summed E-state index contributed by atoms with van der Waals surface area (Å²) in [6.07, 6.45) is 1.82. The molecule has 10 heteroatoms. The number of carbonyl (C=O) groups is 4. The quantitative estimate of drug-likeness (QED) is 0.598. The molecule has 1 aromatic heterocycles. The van der Waals surface area contributed by atoms with Crippen molar-refractivity contribution in [2.45, 2.75) is 25.3 Å². The van der Waals surface area contributed by atoms with Crippen molar-refractivity contribution in [1.82, 2.24) is 19.6 Å². The first-order valence-electron chi connectivity index (χ1n) is 10.8. The number of hydrogen-bond donors (Lipinski definition) is 0. The third kappa shape index (κ3) is 4.90. The number of morpholine rings is 1. The van der Waals surface area contributed by atoms with E-state index in [4.69, 9.17) is 4.74 Å². The average molecular weight is 449 g/mol. The molecule has 31 heavy (non-hydrogen) atoms. The molecule has 0 radical (unpaired) electrons. The van der Waals surface area contributed by atoms with E-state index in [1.54, 1.807) is 21.1 Å². The van der Waals surface area contributed by atoms with Crippen LogP contribution in [0.5, 0.6) is 0 Å². The summed E-state index contributed by atoms with van der Waals surface area (Å²) in [7, 11) is 0. The second-order valence-electron chi connectivity index (χ2n) is 8.02. The fourth-order valence-electron chi connectivity index (χ4n) is 4.36. The average Bonchev–Trinajstić information content (AvgIpc) is 3.50. The zero-order chi connectivity index (χ0) is 21.8. The Kier molecular flexibility index (Phi) is 6.86. The van der Waals surface area contributed by atoms with Crippen molar-refractivity contribution in [3.05, 3.63) is 22.4 Å². The summed E-state index contributed by atoms with van der Waals surface area (Å²) in [4.78, 5) is 58.3. The summed E-state index contributed by atoms with van der Waals surface area (Å²) in [6, 6.07) is 3.43. The Hall–Kier alpha value is -2.46. The van der Waals surface area contributed by atoms with Crippen LogP contribution < -0.4 is 0 Å². The molecule has 4 amide bonds. The Labute approximate surface area is 185 Å². The number of piperazine rings is 1. The highest BCUT2D eigenvalue weighted by molar-refractivity contribution is 7.10. The first-order valence-corrected chi connectivity index (χ1v) is 11.7. The fourth-order valence-corrected chi connectivity index (χ4v) is 5.06. The second-order valence-corrected chi connectivity index (χ2v) is 9.06. The number of thiophene rings is 1. The summed E-state index contributed by atoms with van der Waals surface area (Å²) in [5, 5.41) is 1.94. The molecule has 1 aromatic rings. The summed E-state index contributed by atoms with van der Waals surface area (Å²) in [6.45, 7) is 3.78. The molecule has 0 aromatic carbocycles. The number of carbonyl (C=O) groups excluding carboxylic acids is 4. The number of nitrogens with zero attached hydrogens (tertiary/aromatic N) is 4. The highest BCUT2D eigenvalue weighted by atomic mass is 32.1. The Bertz CT molecular complexity index is 816. The van der Waals surface area contributed by atoms with Crippen molar-refractivity contribution < 1.29 is 23.9 Å². The van der Waals surface area contributed by atoms with Crippen LogP contribution in [0.3, 0.4) is 0 Å². The Morgan fingerprint density at radius 1 is 0.903 bits per heavy atom. The molecule has 1 unspecified atom stereocenters. The van der Waals surface area contributed by atoms with Crippen LogP contribution in [0.1, 0.15) is 17.7 Å². The van der Waals surface area contributed by atoms with Crippen LogP contribution in [-0.2, 0) is 30.3 Å². The Balaban J connectivity index is 1.29. The van der Waals surface area contributed by atoms with Gasteiger partial charge in [0.2, 0.25) is 11.8 Å². The summed E-state index contributed by atoms with van der Waals surface area (Å²) >= 11 is 1.54. The number of hydrogen-bond acceptors (Lipinski definition) is 6. The first kappa shape index (κ1) is 21.8. The normalized spacial score (nSPS) is 22.0. The zero-order valence-corrected chi connectivity index (χ0v) is 18.3. The molecule has 0 N–H and O–H groups in total. The molecule has 3 saturated heterocycles. The molecule has 3 fully saturated rings. The van der Waals surface area contributed by atoms with Gasteiger partial charge in [-0.3, -0.25) is 19.2 Å². The van der Waals surface area contributed by atoms with Crippen molar-refractivity contribution in [2.24, 2.45) is 0 Å². The molecular formula is C21H28N4O5S. The van der Waals surface area contributed by atoms with E-state index in [0.717, 1.165) is 11.3 Å². The summed E-state index contributed by atoms with van der Waals surface area (Å²) in [5.41, 5.74) is 0. The summed E-state index contributed by atoms with van der Waals surface area (Å²) < 4.78 is 5.23. The van der Waals surface area contributed by atoms with E-state index in [2.05, 4.69) is 0 Å². The molecule has 0 spiro atoms. The summed E-state index contributed by atoms with van der Waals surface area (Å²) in [5.74, 6) is -1.07. The predicted molar refractivity (Wildman–Crippen MR) is 113 cm³/mol. The molecule has 4 rings (SSSR count). The van der Waals surface area contributed by atoms with Gasteiger partial charge in [0.15, 0.2) is 0 Å². The predicted octanol–water partition coefficient (Wildman–Crippen LogP) is -0.189. The minimum atomic E-state index is -0.511. The van der Waals surface area contributed by atoms with Gasteiger partial charge in [-0.25, -0.2) is 0 Å². The topological polar surface area (TPSA) is 90.5 Å². The monoisotopic (exact) mass is 448 g/mol. The molecule has 0 bridgehead atoms. The lowest BCUT2D eigenvalue weighted by Gasteiger charge is -2.38. The zero-order valence-electron chi connectivity index (χ0n) is 17.5. The van der Waals surface area contributed by atoms with E-state index in [9.17, 15) is 19.2 Å². The van der Waals surface area contributed by atoms with Gasteiger partial charge in [0.1, 0.15) is 6.04 Å². The van der Waals surface area contributed by atoms with Crippen LogP contribution in [0.2, 0.25) is 0 Å². The van der Waals surface area contributed by atoms with Crippen molar-refractivity contribution in [2.75, 3.05) is 59.0 Å². The van der Waals surface area contributed by atoms with E-state index in [1.807, 2.05) is 17.5 Å². The Morgan fingerprint density at radius 3 is 2.19 bits per heavy atom. The van der Waals surface area contributed by atoms with E-state index < -0.39 is 17.9 Å². The van der Waals surface area contributed by atoms with Crippen molar-refractivity contribution >= 4 is 35.0 Å². The molecule has 168 valence electrons. The van der Waals surface area contributed by atoms with Crippen LogP contribution in [0.25, 0.3) is 0 Å². The molecular weight excluding hydrogens is 420 g/mol. The molecule has 9 nitrogen and oxygen atoms in total. The lowest BCUT2D eigenvalue weighted by Crippen LogP contribution is -2.58. The molecule has 0 aliphatic carbocycles. The third-order valence-electron chi connectivity index (χ3n) is 6.12. The SMILES string of the molecule is O=C(C(=O)N1CCN(C(=O)C2CCCN2C(=O)Cc2cccs2)CC1)N1CCOCC1. The van der Waals surface area contributed by atoms with E-state index in [-0.39, 0.29) is 11.8 Å². The van der Waals surface area contributed by atoms with Gasteiger partial charge >= 0.3 is 11.8 Å². The second kappa shape index (κ2) is 9.78. The third-order valence-corrected chi connectivity index (χ3v) is 7.00. The number of amides is 4. The van der Waals surface area contributed by atoms with Crippen LogP contribution in [0.15, 0.2) is 17.5 Å². The minimum Gasteiger partial charge on any atom is -0.378 e. The van der Waals surface area contributed by atoms with Crippen LogP contribution in [-0.4, -0.2) is 108 Å². The van der Waals surface area contributed by atoms with Gasteiger partial charge in [-0.1, -0.05) is 6.07 Å². The van der Waals surface area contributed by atoms with Gasteiger partial charge < -0.3 is 24.3 Å². The number of rotatable bonds is 3. The lowest BCUT2D eigenvalue weighted by atomic mass is 10.1. The highest BCUT2D eigenvalue weighted by Gasteiger charge is 2.38. The standard InChI is InChI=1S/C21H28N4O5S/c26-18(15-16-3-2-14-31-16)25-5-1-4-17(25)19(27)22-6-8-23(9-7-22)20(28)21(29)24-10-12-30-13-11-24/h2-3,14,17H,1,4-13,15H2. The van der Waals surface area contributed by atoms with Gasteiger partial charge in [0.05, 0.1) is 19.6 Å². The van der Waals surface area contributed by atoms with E-state index >= 15 is 0 Å². The van der Waals surface area contributed by atoms with Gasteiger partial charge in [-0.15, -0.1) is 11.3 Å². The van der Waals surface area contributed by atoms with E-state index in [0.29, 0.717) is 71.9 Å². The maximum Gasteiger partial charge on any atom is 0.312 e. The Morgan fingerprint density at radius 2 is 1.55 bits per heavy atom. The number of ether oxygens (including phenoxy) is 1. The van der Waals surface area contributed by atoms with E-state index in [1.165, 1.54) is 9.80 Å². The van der Waals surface area contributed by atoms with Gasteiger partial charge in [0.25, 0.3) is 0 Å². The smallest absolute Gasteiger partial charge is 0.312 e. The molecule has 3 aliphatic heterocycles. The largest absolute Gasteiger partial charge is 0.378 e. The number of likely N-dealkylation sites (tertiary alicyclic amines) is 1. The van der Waals surface area contributed by atoms with Crippen LogP contribution in [0, 0.1) is 0 Å². The fraction of sp³-hybridized carbons (Fsp3) is 0.619. The van der Waals surface area contributed by atoms with Gasteiger partial charge in [-0.05, 0) is 24.3 Å². The van der Waals surface area contributed by atoms with Crippen molar-refractivity contribution in [1.29, 1.82) is 0 Å². The maximum absolute atomic E-state index is 13.1. The maximum atomic E-state index is 13.1.